The van der Waals surface area contributed by atoms with Crippen molar-refractivity contribution in [2.75, 3.05) is 6.54 Å². The van der Waals surface area contributed by atoms with Crippen LogP contribution in [0.2, 0.25) is 0 Å². The monoisotopic (exact) mass is 306 g/mol. The molecule has 0 aliphatic heterocycles. The zero-order valence-electron chi connectivity index (χ0n) is 11.4. The average Bonchev–Trinajstić information content (AvgIpc) is 2.29. The van der Waals surface area contributed by atoms with Gasteiger partial charge in [0.15, 0.2) is 0 Å². The van der Waals surface area contributed by atoms with Gasteiger partial charge >= 0.3 is 0 Å². The number of hydrogen-bond donors (Lipinski definition) is 2. The van der Waals surface area contributed by atoms with E-state index < -0.39 is 10.0 Å². The lowest BCUT2D eigenvalue weighted by Crippen LogP contribution is -2.29. The van der Waals surface area contributed by atoms with Crippen LogP contribution >= 0.6 is 12.4 Å². The van der Waals surface area contributed by atoms with Crippen LogP contribution in [-0.4, -0.2) is 21.0 Å². The first-order chi connectivity index (χ1) is 8.45. The van der Waals surface area contributed by atoms with E-state index in [1.165, 1.54) is 0 Å². The van der Waals surface area contributed by atoms with Crippen LogP contribution in [0.4, 0.5) is 0 Å². The SMILES string of the molecule is CCCc1ccc(S(=O)(=O)NCCC(C)N)cc1.Cl. The van der Waals surface area contributed by atoms with Gasteiger partial charge in [0.2, 0.25) is 10.0 Å². The number of rotatable bonds is 7. The van der Waals surface area contributed by atoms with Crippen LogP contribution in [0.3, 0.4) is 0 Å². The Labute approximate surface area is 122 Å². The summed E-state index contributed by atoms with van der Waals surface area (Å²) >= 11 is 0. The molecule has 0 heterocycles. The van der Waals surface area contributed by atoms with Crippen LogP contribution < -0.4 is 10.5 Å². The number of benzene rings is 1. The van der Waals surface area contributed by atoms with Gasteiger partial charge in [-0.3, -0.25) is 0 Å². The van der Waals surface area contributed by atoms with Crippen molar-refractivity contribution in [3.05, 3.63) is 29.8 Å². The van der Waals surface area contributed by atoms with Crippen LogP contribution in [0.5, 0.6) is 0 Å². The Morgan fingerprint density at radius 2 is 1.84 bits per heavy atom. The summed E-state index contributed by atoms with van der Waals surface area (Å²) in [5.74, 6) is 0. The maximum Gasteiger partial charge on any atom is 0.240 e. The summed E-state index contributed by atoms with van der Waals surface area (Å²) in [6.07, 6.45) is 2.66. The van der Waals surface area contributed by atoms with E-state index in [0.29, 0.717) is 17.9 Å². The molecule has 1 atom stereocenters. The third kappa shape index (κ3) is 6.38. The van der Waals surface area contributed by atoms with E-state index >= 15 is 0 Å². The van der Waals surface area contributed by atoms with Gasteiger partial charge in [-0.25, -0.2) is 13.1 Å². The van der Waals surface area contributed by atoms with E-state index in [1.54, 1.807) is 12.1 Å². The fourth-order valence-corrected chi connectivity index (χ4v) is 2.68. The molecule has 3 N–H and O–H groups in total. The summed E-state index contributed by atoms with van der Waals surface area (Å²) in [7, 11) is -3.39. The van der Waals surface area contributed by atoms with Crippen molar-refractivity contribution < 1.29 is 8.42 Å². The molecule has 0 bridgehead atoms. The molecule has 110 valence electrons. The Balaban J connectivity index is 0.00000324. The average molecular weight is 307 g/mol. The van der Waals surface area contributed by atoms with Gasteiger partial charge in [-0.05, 0) is 37.5 Å². The van der Waals surface area contributed by atoms with Crippen molar-refractivity contribution >= 4 is 22.4 Å². The minimum atomic E-state index is -3.39. The Bertz CT molecular complexity index is 458. The van der Waals surface area contributed by atoms with Crippen LogP contribution in [0.25, 0.3) is 0 Å². The van der Waals surface area contributed by atoms with Crippen molar-refractivity contribution in [3.63, 3.8) is 0 Å². The van der Waals surface area contributed by atoms with Gasteiger partial charge in [-0.15, -0.1) is 12.4 Å². The number of halogens is 1. The lowest BCUT2D eigenvalue weighted by molar-refractivity contribution is 0.572. The second-order valence-electron chi connectivity index (χ2n) is 4.56. The Hall–Kier alpha value is -0.620. The van der Waals surface area contributed by atoms with Crippen molar-refractivity contribution in [1.29, 1.82) is 0 Å². The second-order valence-corrected chi connectivity index (χ2v) is 6.32. The predicted molar refractivity (Wildman–Crippen MR) is 81.1 cm³/mol. The predicted octanol–water partition coefficient (Wildman–Crippen LogP) is 2.08. The Morgan fingerprint density at radius 3 is 2.32 bits per heavy atom. The molecule has 0 aliphatic carbocycles. The molecule has 0 saturated carbocycles. The molecule has 0 radical (unpaired) electrons. The van der Waals surface area contributed by atoms with E-state index in [9.17, 15) is 8.42 Å². The van der Waals surface area contributed by atoms with Gasteiger partial charge in [-0.1, -0.05) is 25.5 Å². The molecule has 0 amide bonds. The molecule has 0 spiro atoms. The van der Waals surface area contributed by atoms with Crippen LogP contribution in [0, 0.1) is 0 Å². The number of aryl methyl sites for hydroxylation is 1. The number of sulfonamides is 1. The van der Waals surface area contributed by atoms with E-state index in [0.717, 1.165) is 18.4 Å². The fraction of sp³-hybridized carbons (Fsp3) is 0.538. The Morgan fingerprint density at radius 1 is 1.26 bits per heavy atom. The third-order valence-electron chi connectivity index (χ3n) is 2.66. The standard InChI is InChI=1S/C13H22N2O2S.ClH/c1-3-4-12-5-7-13(8-6-12)18(16,17)15-10-9-11(2)14;/h5-8,11,15H,3-4,9-10,14H2,1-2H3;1H. The van der Waals surface area contributed by atoms with E-state index in [1.807, 2.05) is 19.1 Å². The molecule has 6 heteroatoms. The van der Waals surface area contributed by atoms with Crippen molar-refractivity contribution in [3.8, 4) is 0 Å². The van der Waals surface area contributed by atoms with Gasteiger partial charge < -0.3 is 5.73 Å². The van der Waals surface area contributed by atoms with Gasteiger partial charge in [0.1, 0.15) is 0 Å². The lowest BCUT2D eigenvalue weighted by atomic mass is 10.1. The third-order valence-corrected chi connectivity index (χ3v) is 4.14. The minimum absolute atomic E-state index is 0. The first-order valence-corrected chi connectivity index (χ1v) is 7.78. The molecule has 0 aromatic heterocycles. The summed E-state index contributed by atoms with van der Waals surface area (Å²) in [6, 6.07) is 7.03. The highest BCUT2D eigenvalue weighted by atomic mass is 35.5. The molecule has 19 heavy (non-hydrogen) atoms. The highest BCUT2D eigenvalue weighted by Crippen LogP contribution is 2.11. The minimum Gasteiger partial charge on any atom is -0.328 e. The summed E-state index contributed by atoms with van der Waals surface area (Å²) in [5.41, 5.74) is 6.74. The van der Waals surface area contributed by atoms with Crippen LogP contribution in [-0.2, 0) is 16.4 Å². The number of nitrogens with one attached hydrogen (secondary N) is 1. The van der Waals surface area contributed by atoms with Crippen LogP contribution in [0.15, 0.2) is 29.2 Å². The molecule has 1 aromatic carbocycles. The largest absolute Gasteiger partial charge is 0.328 e. The molecule has 1 rings (SSSR count). The molecule has 0 saturated heterocycles. The van der Waals surface area contributed by atoms with Crippen LogP contribution in [0.1, 0.15) is 32.3 Å². The molecule has 1 aromatic rings. The molecule has 0 fully saturated rings. The van der Waals surface area contributed by atoms with Crippen molar-refractivity contribution in [1.82, 2.24) is 4.72 Å². The van der Waals surface area contributed by atoms with E-state index in [2.05, 4.69) is 11.6 Å². The molecular formula is C13H23ClN2O2S. The summed E-state index contributed by atoms with van der Waals surface area (Å²) in [5, 5.41) is 0. The summed E-state index contributed by atoms with van der Waals surface area (Å²) < 4.78 is 26.4. The topological polar surface area (TPSA) is 72.2 Å². The van der Waals surface area contributed by atoms with Gasteiger partial charge in [0.25, 0.3) is 0 Å². The van der Waals surface area contributed by atoms with Crippen molar-refractivity contribution in [2.24, 2.45) is 5.73 Å². The zero-order valence-corrected chi connectivity index (χ0v) is 13.1. The zero-order chi connectivity index (χ0) is 13.6. The number of hydrogen-bond acceptors (Lipinski definition) is 3. The second kappa shape index (κ2) is 8.53. The van der Waals surface area contributed by atoms with E-state index in [-0.39, 0.29) is 18.4 Å². The highest BCUT2D eigenvalue weighted by molar-refractivity contribution is 7.89. The Kier molecular flexibility index (Phi) is 8.25. The number of nitrogens with two attached hydrogens (primary N) is 1. The van der Waals surface area contributed by atoms with Gasteiger partial charge in [0, 0.05) is 12.6 Å². The lowest BCUT2D eigenvalue weighted by Gasteiger charge is -2.09. The normalized spacial score (nSPS) is 12.8. The molecule has 4 nitrogen and oxygen atoms in total. The van der Waals surface area contributed by atoms with Gasteiger partial charge in [-0.2, -0.15) is 0 Å². The quantitative estimate of drug-likeness (QED) is 0.810. The maximum atomic E-state index is 11.9. The molecule has 0 aliphatic rings. The van der Waals surface area contributed by atoms with E-state index in [4.69, 9.17) is 5.73 Å². The molecule has 1 unspecified atom stereocenters. The summed E-state index contributed by atoms with van der Waals surface area (Å²) in [4.78, 5) is 0.312. The maximum absolute atomic E-state index is 11.9. The molecular weight excluding hydrogens is 284 g/mol. The summed E-state index contributed by atoms with van der Waals surface area (Å²) in [6.45, 7) is 4.32. The smallest absolute Gasteiger partial charge is 0.240 e. The highest BCUT2D eigenvalue weighted by Gasteiger charge is 2.13. The first kappa shape index (κ1) is 18.4. The fourth-order valence-electron chi connectivity index (χ4n) is 1.63. The van der Waals surface area contributed by atoms with Crippen molar-refractivity contribution in [2.45, 2.75) is 44.0 Å². The van der Waals surface area contributed by atoms with Gasteiger partial charge in [0.05, 0.1) is 4.90 Å². The first-order valence-electron chi connectivity index (χ1n) is 6.30.